The summed E-state index contributed by atoms with van der Waals surface area (Å²) in [5.41, 5.74) is 2.20. The van der Waals surface area contributed by atoms with E-state index in [2.05, 4.69) is 29.3 Å². The minimum Gasteiger partial charge on any atom is -0.371 e. The molecule has 1 saturated heterocycles. The van der Waals surface area contributed by atoms with Crippen LogP contribution in [0, 0.1) is 11.8 Å². The normalized spacial score (nSPS) is 23.2. The number of nitrogens with one attached hydrogen (secondary N) is 1. The van der Waals surface area contributed by atoms with Crippen LogP contribution < -0.4 is 10.2 Å². The van der Waals surface area contributed by atoms with E-state index in [0.717, 1.165) is 37.5 Å². The summed E-state index contributed by atoms with van der Waals surface area (Å²) in [6, 6.07) is 8.30. The second kappa shape index (κ2) is 5.24. The summed E-state index contributed by atoms with van der Waals surface area (Å²) in [4.78, 5) is 14.1. The molecular formula is C16H22N2O. The van der Waals surface area contributed by atoms with Gasteiger partial charge in [-0.2, -0.15) is 0 Å². The molecule has 1 N–H and O–H groups in total. The summed E-state index contributed by atoms with van der Waals surface area (Å²) in [7, 11) is 0. The highest BCUT2D eigenvalue weighted by Gasteiger charge is 2.29. The van der Waals surface area contributed by atoms with Gasteiger partial charge >= 0.3 is 0 Å². The Labute approximate surface area is 115 Å². The van der Waals surface area contributed by atoms with Gasteiger partial charge in [0.25, 0.3) is 0 Å². The van der Waals surface area contributed by atoms with Gasteiger partial charge in [-0.3, -0.25) is 4.79 Å². The number of anilines is 2. The summed E-state index contributed by atoms with van der Waals surface area (Å²) in [5, 5.41) is 2.99. The van der Waals surface area contributed by atoms with Crippen molar-refractivity contribution in [3.05, 3.63) is 24.3 Å². The monoisotopic (exact) mass is 258 g/mol. The molecule has 1 unspecified atom stereocenters. The maximum absolute atomic E-state index is 11.7. The van der Waals surface area contributed by atoms with Crippen molar-refractivity contribution in [1.82, 2.24) is 0 Å². The molecule has 1 atom stereocenters. The quantitative estimate of drug-likeness (QED) is 0.902. The molecule has 1 aliphatic heterocycles. The zero-order chi connectivity index (χ0) is 13.2. The fourth-order valence-corrected chi connectivity index (χ4v) is 2.77. The molecule has 0 aromatic heterocycles. The lowest BCUT2D eigenvalue weighted by Gasteiger charge is -2.32. The Kier molecular flexibility index (Phi) is 3.45. The smallest absolute Gasteiger partial charge is 0.227 e. The lowest BCUT2D eigenvalue weighted by atomic mass is 10.00. The van der Waals surface area contributed by atoms with Crippen molar-refractivity contribution in [3.63, 3.8) is 0 Å². The largest absolute Gasteiger partial charge is 0.371 e. The first-order chi connectivity index (χ1) is 9.22. The van der Waals surface area contributed by atoms with Crippen LogP contribution in [0.3, 0.4) is 0 Å². The molecule has 3 heteroatoms. The highest BCUT2D eigenvalue weighted by Crippen LogP contribution is 2.30. The maximum atomic E-state index is 11.7. The number of hydrogen-bond donors (Lipinski definition) is 1. The minimum atomic E-state index is 0.180. The van der Waals surface area contributed by atoms with E-state index in [9.17, 15) is 4.79 Å². The number of nitrogens with zero attached hydrogens (tertiary/aromatic N) is 1. The van der Waals surface area contributed by atoms with Crippen LogP contribution in [-0.4, -0.2) is 19.0 Å². The van der Waals surface area contributed by atoms with E-state index >= 15 is 0 Å². The fraction of sp³-hybridized carbons (Fsp3) is 0.562. The molecular weight excluding hydrogens is 236 g/mol. The van der Waals surface area contributed by atoms with Gasteiger partial charge in [-0.1, -0.05) is 6.92 Å². The van der Waals surface area contributed by atoms with Gasteiger partial charge in [-0.15, -0.1) is 0 Å². The minimum absolute atomic E-state index is 0.180. The number of piperidine rings is 1. The van der Waals surface area contributed by atoms with Crippen LogP contribution in [0.5, 0.6) is 0 Å². The molecule has 19 heavy (non-hydrogen) atoms. The van der Waals surface area contributed by atoms with E-state index in [0.29, 0.717) is 0 Å². The number of benzene rings is 1. The van der Waals surface area contributed by atoms with Crippen molar-refractivity contribution in [2.45, 2.75) is 32.6 Å². The van der Waals surface area contributed by atoms with Crippen molar-refractivity contribution >= 4 is 17.3 Å². The summed E-state index contributed by atoms with van der Waals surface area (Å²) in [6.45, 7) is 4.61. The third-order valence-electron chi connectivity index (χ3n) is 4.11. The average Bonchev–Trinajstić information content (AvgIpc) is 3.24. The molecule has 0 radical (unpaired) electrons. The lowest BCUT2D eigenvalue weighted by Crippen LogP contribution is -2.34. The molecule has 3 rings (SSSR count). The standard InChI is InChI=1S/C16H22N2O/c1-12-3-2-10-18(11-12)15-8-6-14(7-9-15)17-16(19)13-4-5-13/h6-9,12-13H,2-5,10-11H2,1H3,(H,17,19). The third kappa shape index (κ3) is 3.09. The second-order valence-electron chi connectivity index (χ2n) is 6.00. The summed E-state index contributed by atoms with van der Waals surface area (Å²) >= 11 is 0. The molecule has 0 bridgehead atoms. The number of rotatable bonds is 3. The molecule has 3 nitrogen and oxygen atoms in total. The predicted octanol–water partition coefficient (Wildman–Crippen LogP) is 3.27. The van der Waals surface area contributed by atoms with Crippen LogP contribution in [0.2, 0.25) is 0 Å². The van der Waals surface area contributed by atoms with Crippen LogP contribution in [0.15, 0.2) is 24.3 Å². The highest BCUT2D eigenvalue weighted by atomic mass is 16.2. The van der Waals surface area contributed by atoms with Crippen LogP contribution >= 0.6 is 0 Å². The van der Waals surface area contributed by atoms with Gasteiger partial charge in [0.05, 0.1) is 0 Å². The first-order valence-electron chi connectivity index (χ1n) is 7.38. The first kappa shape index (κ1) is 12.5. The fourth-order valence-electron chi connectivity index (χ4n) is 2.77. The SMILES string of the molecule is CC1CCCN(c2ccc(NC(=O)C3CC3)cc2)C1. The van der Waals surface area contributed by atoms with Gasteiger partial charge < -0.3 is 10.2 Å². The molecule has 102 valence electrons. The van der Waals surface area contributed by atoms with E-state index in [1.165, 1.54) is 18.5 Å². The molecule has 0 spiro atoms. The Hall–Kier alpha value is -1.51. The van der Waals surface area contributed by atoms with Crippen molar-refractivity contribution in [3.8, 4) is 0 Å². The van der Waals surface area contributed by atoms with E-state index in [4.69, 9.17) is 0 Å². The number of amides is 1. The zero-order valence-electron chi connectivity index (χ0n) is 11.6. The molecule has 1 aliphatic carbocycles. The molecule has 1 saturated carbocycles. The van der Waals surface area contributed by atoms with Crippen LogP contribution in [0.4, 0.5) is 11.4 Å². The Bertz CT molecular complexity index is 450. The van der Waals surface area contributed by atoms with Crippen molar-refractivity contribution in [1.29, 1.82) is 0 Å². The van der Waals surface area contributed by atoms with E-state index < -0.39 is 0 Å². The number of carbonyl (C=O) groups is 1. The van der Waals surface area contributed by atoms with E-state index in [1.807, 2.05) is 12.1 Å². The van der Waals surface area contributed by atoms with Crippen LogP contribution in [-0.2, 0) is 4.79 Å². The Morgan fingerprint density at radius 1 is 1.21 bits per heavy atom. The van der Waals surface area contributed by atoms with Gasteiger partial charge in [0.1, 0.15) is 0 Å². The number of hydrogen-bond acceptors (Lipinski definition) is 2. The summed E-state index contributed by atoms with van der Waals surface area (Å²) < 4.78 is 0. The Morgan fingerprint density at radius 2 is 1.95 bits per heavy atom. The summed E-state index contributed by atoms with van der Waals surface area (Å²) in [5.74, 6) is 1.23. The van der Waals surface area contributed by atoms with E-state index in [1.54, 1.807) is 0 Å². The Morgan fingerprint density at radius 3 is 2.58 bits per heavy atom. The number of carbonyl (C=O) groups excluding carboxylic acids is 1. The van der Waals surface area contributed by atoms with Gasteiger partial charge in [0.15, 0.2) is 0 Å². The molecule has 2 aliphatic rings. The molecule has 1 heterocycles. The van der Waals surface area contributed by atoms with Crippen molar-refractivity contribution in [2.24, 2.45) is 11.8 Å². The maximum Gasteiger partial charge on any atom is 0.227 e. The second-order valence-corrected chi connectivity index (χ2v) is 6.00. The zero-order valence-corrected chi connectivity index (χ0v) is 11.6. The van der Waals surface area contributed by atoms with Crippen LogP contribution in [0.25, 0.3) is 0 Å². The van der Waals surface area contributed by atoms with Crippen molar-refractivity contribution < 1.29 is 4.79 Å². The molecule has 2 fully saturated rings. The highest BCUT2D eigenvalue weighted by molar-refractivity contribution is 5.94. The van der Waals surface area contributed by atoms with Gasteiger partial charge in [0.2, 0.25) is 5.91 Å². The average molecular weight is 258 g/mol. The first-order valence-corrected chi connectivity index (χ1v) is 7.38. The van der Waals surface area contributed by atoms with Gasteiger partial charge in [0, 0.05) is 30.4 Å². The molecule has 1 amide bonds. The molecule has 1 aromatic carbocycles. The molecule has 1 aromatic rings. The Balaban J connectivity index is 1.62. The van der Waals surface area contributed by atoms with E-state index in [-0.39, 0.29) is 11.8 Å². The predicted molar refractivity (Wildman–Crippen MR) is 78.4 cm³/mol. The lowest BCUT2D eigenvalue weighted by molar-refractivity contribution is -0.117. The van der Waals surface area contributed by atoms with Crippen molar-refractivity contribution in [2.75, 3.05) is 23.3 Å². The topological polar surface area (TPSA) is 32.3 Å². The van der Waals surface area contributed by atoms with Gasteiger partial charge in [-0.25, -0.2) is 0 Å². The van der Waals surface area contributed by atoms with Crippen LogP contribution in [0.1, 0.15) is 32.6 Å². The van der Waals surface area contributed by atoms with Gasteiger partial charge in [-0.05, 0) is 55.9 Å². The summed E-state index contributed by atoms with van der Waals surface area (Å²) in [6.07, 6.45) is 4.72. The third-order valence-corrected chi connectivity index (χ3v) is 4.11.